The molecule has 1 aromatic carbocycles. The van der Waals surface area contributed by atoms with Gasteiger partial charge in [0, 0.05) is 67.1 Å². The smallest absolute Gasteiger partial charge is 0.274 e. The monoisotopic (exact) mass is 693 g/mol. The van der Waals surface area contributed by atoms with Gasteiger partial charge < -0.3 is 30.5 Å². The van der Waals surface area contributed by atoms with Gasteiger partial charge in [0.25, 0.3) is 5.91 Å². The van der Waals surface area contributed by atoms with Gasteiger partial charge in [0.15, 0.2) is 0 Å². The van der Waals surface area contributed by atoms with E-state index in [0.29, 0.717) is 77.5 Å². The molecule has 14 heteroatoms. The Bertz CT molecular complexity index is 1790. The molecule has 1 aliphatic rings. The Labute approximate surface area is 288 Å². The number of hydrogen-bond acceptors (Lipinski definition) is 10. The van der Waals surface area contributed by atoms with Crippen molar-refractivity contribution in [2.75, 3.05) is 46.3 Å². The first-order valence-corrected chi connectivity index (χ1v) is 16.1. The van der Waals surface area contributed by atoms with Crippen molar-refractivity contribution in [2.24, 2.45) is 0 Å². The number of aliphatic hydroxyl groups is 1. The van der Waals surface area contributed by atoms with Crippen LogP contribution in [0.25, 0.3) is 22.5 Å². The molecule has 3 aromatic heterocycles. The van der Waals surface area contributed by atoms with E-state index in [1.54, 1.807) is 43.6 Å². The molecule has 1 saturated heterocycles. The van der Waals surface area contributed by atoms with Gasteiger partial charge in [0.05, 0.1) is 54.1 Å². The van der Waals surface area contributed by atoms with Crippen LogP contribution in [0.5, 0.6) is 11.6 Å². The van der Waals surface area contributed by atoms with Gasteiger partial charge >= 0.3 is 0 Å². The second-order valence-electron chi connectivity index (χ2n) is 11.3. The number of nitrogens with one attached hydrogen (secondary N) is 3. The molecule has 5 rings (SSSR count). The maximum Gasteiger partial charge on any atom is 0.274 e. The number of aromatic nitrogens is 3. The van der Waals surface area contributed by atoms with Crippen molar-refractivity contribution in [3.8, 4) is 34.1 Å². The Balaban J connectivity index is 1.35. The molecule has 4 heterocycles. The predicted octanol–water partition coefficient (Wildman–Crippen LogP) is 4.57. The number of carbonyl (C=O) groups is 2. The summed E-state index contributed by atoms with van der Waals surface area (Å²) in [6, 6.07) is 12.5. The predicted molar refractivity (Wildman–Crippen MR) is 185 cm³/mol. The summed E-state index contributed by atoms with van der Waals surface area (Å²) < 4.78 is 11.0. The maximum atomic E-state index is 13.3. The van der Waals surface area contributed by atoms with E-state index in [1.807, 2.05) is 24.1 Å². The first-order chi connectivity index (χ1) is 23.2. The normalized spacial score (nSPS) is 14.2. The molecule has 4 aromatic rings. The highest BCUT2D eigenvalue weighted by molar-refractivity contribution is 6.39. The molecule has 0 radical (unpaired) electrons. The van der Waals surface area contributed by atoms with Crippen molar-refractivity contribution in [1.29, 1.82) is 0 Å². The number of aliphatic hydroxyl groups excluding tert-OH is 1. The van der Waals surface area contributed by atoms with Crippen molar-refractivity contribution >= 4 is 40.7 Å². The van der Waals surface area contributed by atoms with Crippen LogP contribution in [-0.2, 0) is 17.9 Å². The van der Waals surface area contributed by atoms with Gasteiger partial charge in [-0.25, -0.2) is 9.97 Å². The maximum absolute atomic E-state index is 13.3. The van der Waals surface area contributed by atoms with Gasteiger partial charge in [0.2, 0.25) is 11.8 Å². The number of halogens is 2. The summed E-state index contributed by atoms with van der Waals surface area (Å²) in [5.41, 5.74) is 4.27. The lowest BCUT2D eigenvalue weighted by atomic mass is 10.1. The summed E-state index contributed by atoms with van der Waals surface area (Å²) in [6.45, 7) is 2.08. The molecule has 0 aliphatic carbocycles. The molecule has 0 bridgehead atoms. The number of likely N-dealkylation sites (N-methyl/N-ethyl adjacent to an activating group) is 1. The van der Waals surface area contributed by atoms with E-state index in [9.17, 15) is 14.7 Å². The zero-order chi connectivity index (χ0) is 34.2. The van der Waals surface area contributed by atoms with Crippen LogP contribution in [-0.4, -0.2) is 83.8 Å². The van der Waals surface area contributed by atoms with E-state index in [-0.39, 0.29) is 29.3 Å². The standard InChI is InChI=1S/C34H37Cl2N7O5/c1-43(13-14-44)19-21-15-27(39-18-28(21)47-2)33(46)41-26-6-4-5-24(30(26)35)32-31(36)23(11-12-38-32)25-9-7-20(34(42-25)48-3)16-37-17-22-8-10-29(45)40-22/h4-7,9,11-12,15,18,22,37,44H,8,10,13-14,16-17,19H2,1-3H3,(H,40,45)(H,41,46)/t22-/m1/s1. The molecule has 252 valence electrons. The van der Waals surface area contributed by atoms with Crippen molar-refractivity contribution < 1.29 is 24.2 Å². The Morgan fingerprint density at radius 3 is 2.65 bits per heavy atom. The van der Waals surface area contributed by atoms with E-state index >= 15 is 0 Å². The van der Waals surface area contributed by atoms with Gasteiger partial charge in [-0.3, -0.25) is 19.5 Å². The van der Waals surface area contributed by atoms with Crippen LogP contribution in [0.1, 0.15) is 34.5 Å². The fourth-order valence-electron chi connectivity index (χ4n) is 5.43. The third kappa shape index (κ3) is 8.20. The Kier molecular flexibility index (Phi) is 11.8. The van der Waals surface area contributed by atoms with Crippen molar-refractivity contribution in [2.45, 2.75) is 32.0 Å². The summed E-state index contributed by atoms with van der Waals surface area (Å²) >= 11 is 13.8. The summed E-state index contributed by atoms with van der Waals surface area (Å²) in [4.78, 5) is 40.2. The Morgan fingerprint density at radius 2 is 1.92 bits per heavy atom. The van der Waals surface area contributed by atoms with E-state index < -0.39 is 5.91 Å². The van der Waals surface area contributed by atoms with E-state index in [0.717, 1.165) is 17.5 Å². The quantitative estimate of drug-likeness (QED) is 0.148. The van der Waals surface area contributed by atoms with Crippen LogP contribution in [0, 0.1) is 0 Å². The summed E-state index contributed by atoms with van der Waals surface area (Å²) in [5.74, 6) is 0.597. The molecule has 2 amide bonds. The van der Waals surface area contributed by atoms with Crippen molar-refractivity contribution in [1.82, 2.24) is 30.5 Å². The summed E-state index contributed by atoms with van der Waals surface area (Å²) in [6.07, 6.45) is 4.48. The topological polar surface area (TPSA) is 151 Å². The van der Waals surface area contributed by atoms with Gasteiger partial charge in [-0.1, -0.05) is 41.4 Å². The molecule has 1 aliphatic heterocycles. The Morgan fingerprint density at radius 1 is 1.08 bits per heavy atom. The van der Waals surface area contributed by atoms with Gasteiger partial charge in [-0.2, -0.15) is 0 Å². The molecule has 0 saturated carbocycles. The first-order valence-electron chi connectivity index (χ1n) is 15.3. The average molecular weight is 695 g/mol. The zero-order valence-corrected chi connectivity index (χ0v) is 28.4. The van der Waals surface area contributed by atoms with Crippen LogP contribution >= 0.6 is 23.2 Å². The average Bonchev–Trinajstić information content (AvgIpc) is 3.50. The van der Waals surface area contributed by atoms with Crippen LogP contribution in [0.3, 0.4) is 0 Å². The lowest BCUT2D eigenvalue weighted by molar-refractivity contribution is -0.119. The number of methoxy groups -OCH3 is 2. The first kappa shape index (κ1) is 35.0. The van der Waals surface area contributed by atoms with Crippen LogP contribution in [0.2, 0.25) is 10.0 Å². The molecule has 1 atom stereocenters. The molecule has 12 nitrogen and oxygen atoms in total. The fourth-order valence-corrected chi connectivity index (χ4v) is 6.00. The van der Waals surface area contributed by atoms with Crippen molar-refractivity contribution in [3.05, 3.63) is 81.7 Å². The number of ether oxygens (including phenoxy) is 2. The van der Waals surface area contributed by atoms with Gasteiger partial charge in [0.1, 0.15) is 11.4 Å². The van der Waals surface area contributed by atoms with Crippen LogP contribution in [0.15, 0.2) is 54.9 Å². The Hall–Kier alpha value is -4.33. The lowest BCUT2D eigenvalue weighted by Crippen LogP contribution is -2.35. The third-order valence-corrected chi connectivity index (χ3v) is 8.70. The highest BCUT2D eigenvalue weighted by atomic mass is 35.5. The molecule has 48 heavy (non-hydrogen) atoms. The number of pyridine rings is 3. The molecule has 0 unspecified atom stereocenters. The van der Waals surface area contributed by atoms with Crippen LogP contribution in [0.4, 0.5) is 5.69 Å². The molecule has 4 N–H and O–H groups in total. The second kappa shape index (κ2) is 16.2. The molecular formula is C34H37Cl2N7O5. The number of hydrogen-bond donors (Lipinski definition) is 4. The van der Waals surface area contributed by atoms with E-state index in [2.05, 4.69) is 25.9 Å². The fraction of sp³-hybridized carbons (Fsp3) is 0.324. The molecule has 1 fully saturated rings. The zero-order valence-electron chi connectivity index (χ0n) is 26.8. The summed E-state index contributed by atoms with van der Waals surface area (Å²) in [7, 11) is 4.95. The van der Waals surface area contributed by atoms with E-state index in [4.69, 9.17) is 37.7 Å². The minimum atomic E-state index is -0.463. The number of rotatable bonds is 14. The minimum absolute atomic E-state index is 0.00661. The lowest BCUT2D eigenvalue weighted by Gasteiger charge is -2.18. The van der Waals surface area contributed by atoms with Crippen LogP contribution < -0.4 is 25.4 Å². The molecular weight excluding hydrogens is 657 g/mol. The number of benzene rings is 1. The number of anilines is 1. The number of carbonyl (C=O) groups excluding carboxylic acids is 2. The highest BCUT2D eigenvalue weighted by Crippen LogP contribution is 2.40. The molecule has 0 spiro atoms. The SMILES string of the molecule is COc1cnc(C(=O)Nc2cccc(-c3nccc(-c4ccc(CNC[C@H]5CCC(=O)N5)c(OC)n4)c3Cl)c2Cl)cc1CN(C)CCO. The number of nitrogens with zero attached hydrogens (tertiary/aromatic N) is 4. The minimum Gasteiger partial charge on any atom is -0.495 e. The van der Waals surface area contributed by atoms with Gasteiger partial charge in [-0.05, 0) is 37.7 Å². The van der Waals surface area contributed by atoms with E-state index in [1.165, 1.54) is 13.3 Å². The van der Waals surface area contributed by atoms with Crippen molar-refractivity contribution in [3.63, 3.8) is 0 Å². The largest absolute Gasteiger partial charge is 0.495 e. The third-order valence-electron chi connectivity index (χ3n) is 7.91. The second-order valence-corrected chi connectivity index (χ2v) is 12.0. The van der Waals surface area contributed by atoms with Gasteiger partial charge in [-0.15, -0.1) is 0 Å². The highest BCUT2D eigenvalue weighted by Gasteiger charge is 2.22. The summed E-state index contributed by atoms with van der Waals surface area (Å²) in [5, 5.41) is 19.0. The number of amides is 2.